The van der Waals surface area contributed by atoms with Gasteiger partial charge in [0.15, 0.2) is 0 Å². The number of rotatable bonds is 5. The molecule has 0 fully saturated rings. The summed E-state index contributed by atoms with van der Waals surface area (Å²) in [7, 11) is 1.57. The summed E-state index contributed by atoms with van der Waals surface area (Å²) in [5.74, 6) is 0.143. The lowest BCUT2D eigenvalue weighted by atomic mass is 10.1. The Morgan fingerprint density at radius 1 is 1.04 bits per heavy atom. The van der Waals surface area contributed by atoms with Gasteiger partial charge in [0.2, 0.25) is 5.91 Å². The van der Waals surface area contributed by atoms with Gasteiger partial charge in [-0.15, -0.1) is 0 Å². The Kier molecular flexibility index (Phi) is 4.50. The maximum absolute atomic E-state index is 13.0. The number of carbonyl (C=O) groups excluding carboxylic acids is 1. The second-order valence-corrected chi connectivity index (χ2v) is 6.32. The van der Waals surface area contributed by atoms with Crippen LogP contribution in [0.4, 0.5) is 10.1 Å². The number of benzene rings is 3. The van der Waals surface area contributed by atoms with E-state index in [4.69, 9.17) is 9.15 Å². The van der Waals surface area contributed by atoms with Gasteiger partial charge in [-0.3, -0.25) is 4.79 Å². The fourth-order valence-electron chi connectivity index (χ4n) is 3.14. The van der Waals surface area contributed by atoms with Crippen LogP contribution in [0.25, 0.3) is 21.9 Å². The standard InChI is InChI=1S/C22H18FNO3/c1-26-21-12-17-16-4-2-3-5-19(16)27-20(17)13-18(21)24-22(25)11-8-14-6-9-15(23)10-7-14/h2-7,9-10,12-13H,8,11H2,1H3,(H,24,25). The van der Waals surface area contributed by atoms with Crippen molar-refractivity contribution in [2.75, 3.05) is 12.4 Å². The number of methoxy groups -OCH3 is 1. The van der Waals surface area contributed by atoms with Crippen LogP contribution in [0.1, 0.15) is 12.0 Å². The fraction of sp³-hybridized carbons (Fsp3) is 0.136. The van der Waals surface area contributed by atoms with Crippen LogP contribution >= 0.6 is 0 Å². The predicted octanol–water partition coefficient (Wildman–Crippen LogP) is 5.31. The van der Waals surface area contributed by atoms with Crippen LogP contribution in [0.3, 0.4) is 0 Å². The maximum Gasteiger partial charge on any atom is 0.224 e. The number of aryl methyl sites for hydroxylation is 1. The van der Waals surface area contributed by atoms with E-state index in [0.29, 0.717) is 23.4 Å². The molecule has 0 saturated heterocycles. The SMILES string of the molecule is COc1cc2c(cc1NC(=O)CCc1ccc(F)cc1)oc1ccccc12. The molecule has 5 heteroatoms. The van der Waals surface area contributed by atoms with E-state index in [1.54, 1.807) is 25.3 Å². The zero-order chi connectivity index (χ0) is 18.8. The molecular weight excluding hydrogens is 345 g/mol. The predicted molar refractivity (Wildman–Crippen MR) is 104 cm³/mol. The lowest BCUT2D eigenvalue weighted by molar-refractivity contribution is -0.116. The minimum atomic E-state index is -0.285. The first-order valence-electron chi connectivity index (χ1n) is 8.67. The van der Waals surface area contributed by atoms with E-state index in [2.05, 4.69) is 5.32 Å². The van der Waals surface area contributed by atoms with Crippen molar-refractivity contribution in [2.45, 2.75) is 12.8 Å². The molecule has 4 aromatic rings. The van der Waals surface area contributed by atoms with Gasteiger partial charge in [-0.2, -0.15) is 0 Å². The lowest BCUT2D eigenvalue weighted by Gasteiger charge is -2.10. The van der Waals surface area contributed by atoms with Crippen molar-refractivity contribution in [3.05, 3.63) is 72.0 Å². The third-order valence-electron chi connectivity index (χ3n) is 4.53. The Balaban J connectivity index is 1.56. The van der Waals surface area contributed by atoms with Gasteiger partial charge in [0.1, 0.15) is 22.7 Å². The largest absolute Gasteiger partial charge is 0.495 e. The Morgan fingerprint density at radius 3 is 2.59 bits per heavy atom. The maximum atomic E-state index is 13.0. The van der Waals surface area contributed by atoms with Gasteiger partial charge in [-0.05, 0) is 36.2 Å². The van der Waals surface area contributed by atoms with Crippen LogP contribution in [0.2, 0.25) is 0 Å². The van der Waals surface area contributed by atoms with E-state index in [-0.39, 0.29) is 18.1 Å². The van der Waals surface area contributed by atoms with Crippen LogP contribution in [0, 0.1) is 5.82 Å². The molecule has 27 heavy (non-hydrogen) atoms. The average Bonchev–Trinajstić information content (AvgIpc) is 3.04. The highest BCUT2D eigenvalue weighted by molar-refractivity contribution is 6.07. The average molecular weight is 363 g/mol. The molecule has 0 unspecified atom stereocenters. The van der Waals surface area contributed by atoms with Gasteiger partial charge in [-0.1, -0.05) is 30.3 Å². The zero-order valence-electron chi connectivity index (χ0n) is 14.8. The second kappa shape index (κ2) is 7.11. The van der Waals surface area contributed by atoms with E-state index >= 15 is 0 Å². The number of ether oxygens (including phenoxy) is 1. The molecule has 0 saturated carbocycles. The summed E-state index contributed by atoms with van der Waals surface area (Å²) in [6.07, 6.45) is 0.814. The Bertz CT molecular complexity index is 1120. The number of anilines is 1. The van der Waals surface area contributed by atoms with E-state index in [1.807, 2.05) is 30.3 Å². The summed E-state index contributed by atoms with van der Waals surface area (Å²) in [6.45, 7) is 0. The summed E-state index contributed by atoms with van der Waals surface area (Å²) in [6, 6.07) is 17.6. The second-order valence-electron chi connectivity index (χ2n) is 6.32. The Morgan fingerprint density at radius 2 is 1.81 bits per heavy atom. The first-order chi connectivity index (χ1) is 13.1. The molecule has 4 rings (SSSR count). The normalized spacial score (nSPS) is 11.0. The number of furan rings is 1. The number of hydrogen-bond donors (Lipinski definition) is 1. The molecule has 0 aliphatic rings. The van der Waals surface area contributed by atoms with Crippen LogP contribution in [0.15, 0.2) is 65.1 Å². The molecule has 1 aromatic heterocycles. The fourth-order valence-corrected chi connectivity index (χ4v) is 3.14. The monoisotopic (exact) mass is 363 g/mol. The molecular formula is C22H18FNO3. The third kappa shape index (κ3) is 3.49. The smallest absolute Gasteiger partial charge is 0.224 e. The van der Waals surface area contributed by atoms with Crippen LogP contribution in [-0.2, 0) is 11.2 Å². The van der Waals surface area contributed by atoms with Gasteiger partial charge in [0.05, 0.1) is 12.8 Å². The number of halogens is 1. The minimum Gasteiger partial charge on any atom is -0.495 e. The molecule has 0 atom stereocenters. The van der Waals surface area contributed by atoms with E-state index in [0.717, 1.165) is 21.9 Å². The first-order valence-corrected chi connectivity index (χ1v) is 8.67. The molecule has 0 bridgehead atoms. The zero-order valence-corrected chi connectivity index (χ0v) is 14.8. The van der Waals surface area contributed by atoms with Crippen molar-refractivity contribution in [2.24, 2.45) is 0 Å². The summed E-state index contributed by atoms with van der Waals surface area (Å²) in [5.41, 5.74) is 2.94. The van der Waals surface area contributed by atoms with Gasteiger partial charge in [0.25, 0.3) is 0 Å². The van der Waals surface area contributed by atoms with Crippen molar-refractivity contribution in [3.8, 4) is 5.75 Å². The van der Waals surface area contributed by atoms with Gasteiger partial charge < -0.3 is 14.5 Å². The molecule has 136 valence electrons. The van der Waals surface area contributed by atoms with Crippen molar-refractivity contribution >= 4 is 33.5 Å². The van der Waals surface area contributed by atoms with Crippen LogP contribution in [-0.4, -0.2) is 13.0 Å². The quantitative estimate of drug-likeness (QED) is 0.523. The number of amides is 1. The van der Waals surface area contributed by atoms with E-state index in [1.165, 1.54) is 12.1 Å². The van der Waals surface area contributed by atoms with Crippen molar-refractivity contribution in [1.29, 1.82) is 0 Å². The minimum absolute atomic E-state index is 0.145. The number of fused-ring (bicyclic) bond motifs is 3. The molecule has 1 N–H and O–H groups in total. The molecule has 0 aliphatic carbocycles. The summed E-state index contributed by atoms with van der Waals surface area (Å²) < 4.78 is 24.3. The number of para-hydroxylation sites is 1. The molecule has 0 radical (unpaired) electrons. The highest BCUT2D eigenvalue weighted by Crippen LogP contribution is 2.36. The molecule has 0 aliphatic heterocycles. The van der Waals surface area contributed by atoms with Crippen molar-refractivity contribution in [3.63, 3.8) is 0 Å². The van der Waals surface area contributed by atoms with Gasteiger partial charge in [0, 0.05) is 23.3 Å². The number of carbonyl (C=O) groups is 1. The third-order valence-corrected chi connectivity index (χ3v) is 4.53. The highest BCUT2D eigenvalue weighted by Gasteiger charge is 2.14. The lowest BCUT2D eigenvalue weighted by Crippen LogP contribution is -2.13. The molecule has 0 spiro atoms. The number of hydrogen-bond acceptors (Lipinski definition) is 3. The van der Waals surface area contributed by atoms with E-state index < -0.39 is 0 Å². The Labute approximate surface area is 155 Å². The topological polar surface area (TPSA) is 51.5 Å². The van der Waals surface area contributed by atoms with Crippen molar-refractivity contribution in [1.82, 2.24) is 0 Å². The van der Waals surface area contributed by atoms with Crippen LogP contribution < -0.4 is 10.1 Å². The van der Waals surface area contributed by atoms with Crippen molar-refractivity contribution < 1.29 is 18.3 Å². The number of nitrogens with one attached hydrogen (secondary N) is 1. The van der Waals surface area contributed by atoms with E-state index in [9.17, 15) is 9.18 Å². The Hall–Kier alpha value is -3.34. The van der Waals surface area contributed by atoms with Gasteiger partial charge in [-0.25, -0.2) is 4.39 Å². The molecule has 4 nitrogen and oxygen atoms in total. The van der Waals surface area contributed by atoms with Crippen LogP contribution in [0.5, 0.6) is 5.75 Å². The van der Waals surface area contributed by atoms with Gasteiger partial charge >= 0.3 is 0 Å². The molecule has 3 aromatic carbocycles. The summed E-state index contributed by atoms with van der Waals surface area (Å²) in [4.78, 5) is 12.4. The highest BCUT2D eigenvalue weighted by atomic mass is 19.1. The molecule has 1 amide bonds. The summed E-state index contributed by atoms with van der Waals surface area (Å²) in [5, 5.41) is 4.82. The molecule has 1 heterocycles. The summed E-state index contributed by atoms with van der Waals surface area (Å²) >= 11 is 0. The first kappa shape index (κ1) is 17.1.